The van der Waals surface area contributed by atoms with Gasteiger partial charge in [-0.1, -0.05) is 48.5 Å². The Kier molecular flexibility index (Phi) is 8.03. The molecule has 3 N–H and O–H groups in total. The van der Waals surface area contributed by atoms with Gasteiger partial charge in [-0.15, -0.1) is 0 Å². The first-order chi connectivity index (χ1) is 20.2. The van der Waals surface area contributed by atoms with E-state index >= 15 is 0 Å². The predicted molar refractivity (Wildman–Crippen MR) is 160 cm³/mol. The standard InChI is InChI=1S/C31H30N4O6S/c1-35(24-15-19-25(40-2)20-16-24)29(36)31(21-28(31)22-9-5-3-6-10-22)32-30(37)34-42(38,39)33-23-13-17-27(18-14-23)41-26-11-7-4-8-12-26/h3-20,28,33H,21H2,1-2H3,(H2,32,34,37). The molecule has 4 aromatic rings. The number of amides is 3. The summed E-state index contributed by atoms with van der Waals surface area (Å²) in [7, 11) is -1.17. The Morgan fingerprint density at radius 3 is 2.00 bits per heavy atom. The SMILES string of the molecule is COc1ccc(N(C)C(=O)C2(NC(=O)NS(=O)(=O)Nc3ccc(Oc4ccccc4)cc3)CC2c2ccccc2)cc1. The second-order valence-corrected chi connectivity index (χ2v) is 11.2. The van der Waals surface area contributed by atoms with E-state index in [9.17, 15) is 18.0 Å². The van der Waals surface area contributed by atoms with Crippen LogP contribution in [-0.2, 0) is 15.0 Å². The minimum Gasteiger partial charge on any atom is -0.497 e. The summed E-state index contributed by atoms with van der Waals surface area (Å²) in [6.07, 6.45) is 0.306. The van der Waals surface area contributed by atoms with Crippen LogP contribution in [0, 0.1) is 0 Å². The van der Waals surface area contributed by atoms with Gasteiger partial charge in [0.2, 0.25) is 0 Å². The number of hydrogen-bond donors (Lipinski definition) is 3. The van der Waals surface area contributed by atoms with Gasteiger partial charge in [-0.05, 0) is 72.6 Å². The van der Waals surface area contributed by atoms with E-state index in [1.165, 1.54) is 17.0 Å². The third-order valence-electron chi connectivity index (χ3n) is 6.96. The number of ether oxygens (including phenoxy) is 2. The summed E-state index contributed by atoms with van der Waals surface area (Å²) in [5.41, 5.74) is 0.323. The van der Waals surface area contributed by atoms with Crippen LogP contribution in [0.2, 0.25) is 0 Å². The Morgan fingerprint density at radius 2 is 1.38 bits per heavy atom. The third kappa shape index (κ3) is 6.47. The van der Waals surface area contributed by atoms with Gasteiger partial charge in [0, 0.05) is 18.7 Å². The summed E-state index contributed by atoms with van der Waals surface area (Å²) in [6, 6.07) is 30.6. The van der Waals surface area contributed by atoms with Gasteiger partial charge in [-0.3, -0.25) is 9.52 Å². The van der Waals surface area contributed by atoms with Gasteiger partial charge in [0.25, 0.3) is 5.91 Å². The molecular formula is C31H30N4O6S. The van der Waals surface area contributed by atoms with Crippen molar-refractivity contribution in [3.05, 3.63) is 115 Å². The van der Waals surface area contributed by atoms with Crippen molar-refractivity contribution in [2.75, 3.05) is 23.8 Å². The van der Waals surface area contributed by atoms with E-state index in [1.54, 1.807) is 62.7 Å². The van der Waals surface area contributed by atoms with Gasteiger partial charge in [0.15, 0.2) is 0 Å². The smallest absolute Gasteiger partial charge is 0.330 e. The van der Waals surface area contributed by atoms with Gasteiger partial charge in [-0.2, -0.15) is 8.42 Å². The molecule has 11 heteroatoms. The van der Waals surface area contributed by atoms with Crippen LogP contribution < -0.4 is 29.1 Å². The van der Waals surface area contributed by atoms with Crippen LogP contribution in [0.25, 0.3) is 0 Å². The molecule has 2 atom stereocenters. The average molecular weight is 587 g/mol. The number of nitrogens with one attached hydrogen (secondary N) is 3. The van der Waals surface area contributed by atoms with Crippen molar-refractivity contribution < 1.29 is 27.5 Å². The molecule has 0 bridgehead atoms. The molecule has 10 nitrogen and oxygen atoms in total. The highest BCUT2D eigenvalue weighted by Crippen LogP contribution is 2.52. The van der Waals surface area contributed by atoms with E-state index in [0.717, 1.165) is 5.56 Å². The first-order valence-electron chi connectivity index (χ1n) is 13.1. The molecule has 216 valence electrons. The zero-order chi connectivity index (χ0) is 29.7. The number of urea groups is 1. The summed E-state index contributed by atoms with van der Waals surface area (Å²) in [4.78, 5) is 28.3. The highest BCUT2D eigenvalue weighted by molar-refractivity contribution is 7.91. The molecule has 5 rings (SSSR count). The summed E-state index contributed by atoms with van der Waals surface area (Å²) < 4.78 is 40.8. The molecular weight excluding hydrogens is 556 g/mol. The largest absolute Gasteiger partial charge is 0.497 e. The lowest BCUT2D eigenvalue weighted by Crippen LogP contribution is -2.55. The average Bonchev–Trinajstić information content (AvgIpc) is 3.72. The molecule has 3 amide bonds. The quantitative estimate of drug-likeness (QED) is 0.239. The molecule has 4 aromatic carbocycles. The van der Waals surface area contributed by atoms with Crippen molar-refractivity contribution in [2.24, 2.45) is 0 Å². The van der Waals surface area contributed by atoms with Crippen LogP contribution >= 0.6 is 0 Å². The van der Waals surface area contributed by atoms with Crippen molar-refractivity contribution in [3.63, 3.8) is 0 Å². The zero-order valence-electron chi connectivity index (χ0n) is 23.0. The van der Waals surface area contributed by atoms with E-state index in [-0.39, 0.29) is 17.5 Å². The van der Waals surface area contributed by atoms with Crippen LogP contribution in [0.5, 0.6) is 17.2 Å². The summed E-state index contributed by atoms with van der Waals surface area (Å²) in [6.45, 7) is 0. The second-order valence-electron chi connectivity index (χ2n) is 9.80. The first kappa shape index (κ1) is 28.5. The fourth-order valence-corrected chi connectivity index (χ4v) is 5.54. The van der Waals surface area contributed by atoms with Gasteiger partial charge >= 0.3 is 16.2 Å². The molecule has 0 radical (unpaired) electrons. The second kappa shape index (κ2) is 11.8. The molecule has 0 spiro atoms. The molecule has 0 heterocycles. The minimum absolute atomic E-state index is 0.217. The molecule has 2 unspecified atom stereocenters. The maximum atomic E-state index is 13.8. The number of methoxy groups -OCH3 is 1. The molecule has 1 aliphatic rings. The van der Waals surface area contributed by atoms with Crippen LogP contribution in [0.15, 0.2) is 109 Å². The first-order valence-corrected chi connectivity index (χ1v) is 14.6. The number of anilines is 2. The molecule has 1 aliphatic carbocycles. The number of benzene rings is 4. The van der Waals surface area contributed by atoms with Crippen LogP contribution in [-0.4, -0.2) is 40.1 Å². The normalized spacial score (nSPS) is 17.4. The van der Waals surface area contributed by atoms with Crippen molar-refractivity contribution in [1.82, 2.24) is 10.0 Å². The van der Waals surface area contributed by atoms with Crippen LogP contribution in [0.4, 0.5) is 16.2 Å². The Bertz CT molecular complexity index is 1650. The van der Waals surface area contributed by atoms with Crippen molar-refractivity contribution in [2.45, 2.75) is 17.9 Å². The van der Waals surface area contributed by atoms with Gasteiger partial charge < -0.3 is 19.7 Å². The van der Waals surface area contributed by atoms with Crippen LogP contribution in [0.3, 0.4) is 0 Å². The van der Waals surface area contributed by atoms with Crippen molar-refractivity contribution >= 4 is 33.5 Å². The Labute approximate surface area is 244 Å². The van der Waals surface area contributed by atoms with Crippen molar-refractivity contribution in [1.29, 1.82) is 0 Å². The Hall–Kier alpha value is -5.03. The number of carbonyl (C=O) groups excluding carboxylic acids is 2. The number of nitrogens with zero attached hydrogens (tertiary/aromatic N) is 1. The highest BCUT2D eigenvalue weighted by atomic mass is 32.2. The van der Waals surface area contributed by atoms with E-state index in [1.807, 2.05) is 53.3 Å². The molecule has 1 fully saturated rings. The Balaban J connectivity index is 1.28. The summed E-state index contributed by atoms with van der Waals surface area (Å²) in [5.74, 6) is 1.06. The predicted octanol–water partition coefficient (Wildman–Crippen LogP) is 5.03. The Morgan fingerprint density at radius 1 is 0.810 bits per heavy atom. The van der Waals surface area contributed by atoms with Gasteiger partial charge in [0.1, 0.15) is 22.8 Å². The molecule has 0 aromatic heterocycles. The molecule has 0 aliphatic heterocycles. The number of rotatable bonds is 10. The van der Waals surface area contributed by atoms with E-state index in [4.69, 9.17) is 9.47 Å². The van der Waals surface area contributed by atoms with Gasteiger partial charge in [0.05, 0.1) is 12.8 Å². The van der Waals surface area contributed by atoms with Gasteiger partial charge in [-0.25, -0.2) is 9.52 Å². The minimum atomic E-state index is -4.33. The number of carbonyl (C=O) groups is 2. The highest BCUT2D eigenvalue weighted by Gasteiger charge is 2.63. The maximum Gasteiger partial charge on any atom is 0.330 e. The summed E-state index contributed by atoms with van der Waals surface area (Å²) in [5, 5.41) is 2.66. The summed E-state index contributed by atoms with van der Waals surface area (Å²) >= 11 is 0. The lowest BCUT2D eigenvalue weighted by Gasteiger charge is -2.26. The fraction of sp³-hybridized carbons (Fsp3) is 0.161. The maximum absolute atomic E-state index is 13.8. The van der Waals surface area contributed by atoms with E-state index < -0.39 is 21.8 Å². The van der Waals surface area contributed by atoms with Crippen LogP contribution in [0.1, 0.15) is 17.9 Å². The number of hydrogen-bond acceptors (Lipinski definition) is 6. The fourth-order valence-electron chi connectivity index (χ4n) is 4.75. The zero-order valence-corrected chi connectivity index (χ0v) is 23.8. The van der Waals surface area contributed by atoms with Crippen molar-refractivity contribution in [3.8, 4) is 17.2 Å². The third-order valence-corrected chi connectivity index (χ3v) is 7.92. The lowest BCUT2D eigenvalue weighted by molar-refractivity contribution is -0.121. The lowest BCUT2D eigenvalue weighted by atomic mass is 10.0. The number of likely N-dealkylation sites (N-methyl/N-ethyl adjacent to an activating group) is 1. The molecule has 1 saturated carbocycles. The topological polar surface area (TPSA) is 126 Å². The van der Waals surface area contributed by atoms with E-state index in [2.05, 4.69) is 10.0 Å². The number of para-hydroxylation sites is 1. The molecule has 42 heavy (non-hydrogen) atoms. The molecule has 0 saturated heterocycles. The monoisotopic (exact) mass is 586 g/mol. The van der Waals surface area contributed by atoms with E-state index in [0.29, 0.717) is 29.4 Å².